The van der Waals surface area contributed by atoms with Crippen molar-refractivity contribution in [3.8, 4) is 11.3 Å². The molecule has 0 atom stereocenters. The second-order valence-electron chi connectivity index (χ2n) is 3.55. The summed E-state index contributed by atoms with van der Waals surface area (Å²) < 4.78 is 0. The third-order valence-corrected chi connectivity index (χ3v) is 2.76. The molecule has 0 aliphatic carbocycles. The second kappa shape index (κ2) is 8.74. The second-order valence-corrected chi connectivity index (χ2v) is 4.41. The summed E-state index contributed by atoms with van der Waals surface area (Å²) in [4.78, 5) is 29.3. The Hall–Kier alpha value is -2.36. The molecule has 0 saturated heterocycles. The van der Waals surface area contributed by atoms with Crippen LogP contribution in [-0.2, 0) is 9.59 Å². The van der Waals surface area contributed by atoms with Crippen molar-refractivity contribution < 1.29 is 19.8 Å². The predicted molar refractivity (Wildman–Crippen MR) is 77.8 cm³/mol. The van der Waals surface area contributed by atoms with E-state index in [0.29, 0.717) is 12.2 Å². The Morgan fingerprint density at radius 1 is 1.43 bits per heavy atom. The number of anilines is 1. The molecule has 0 spiro atoms. The SMILES string of the molecule is NCCO.O=C(O)C(=O)Nc1nc(-c2cccnc2)cs1. The van der Waals surface area contributed by atoms with Gasteiger partial charge in [0, 0.05) is 29.9 Å². The molecule has 5 N–H and O–H groups in total. The van der Waals surface area contributed by atoms with Gasteiger partial charge in [0.1, 0.15) is 0 Å². The highest BCUT2D eigenvalue weighted by Gasteiger charge is 2.13. The van der Waals surface area contributed by atoms with Crippen molar-refractivity contribution in [3.63, 3.8) is 0 Å². The number of aliphatic carboxylic acids is 1. The zero-order chi connectivity index (χ0) is 15.7. The summed E-state index contributed by atoms with van der Waals surface area (Å²) in [6, 6.07) is 3.59. The zero-order valence-electron chi connectivity index (χ0n) is 10.9. The molecular weight excluding hydrogens is 296 g/mol. The van der Waals surface area contributed by atoms with Crippen molar-refractivity contribution >= 4 is 28.3 Å². The van der Waals surface area contributed by atoms with Crippen molar-refractivity contribution in [3.05, 3.63) is 29.9 Å². The van der Waals surface area contributed by atoms with Crippen molar-refractivity contribution in [1.29, 1.82) is 0 Å². The number of carboxylic acids is 1. The minimum absolute atomic E-state index is 0.0972. The summed E-state index contributed by atoms with van der Waals surface area (Å²) in [7, 11) is 0. The molecule has 0 aliphatic rings. The van der Waals surface area contributed by atoms with E-state index >= 15 is 0 Å². The quantitative estimate of drug-likeness (QED) is 0.592. The molecule has 112 valence electrons. The van der Waals surface area contributed by atoms with Gasteiger partial charge in [-0.25, -0.2) is 9.78 Å². The summed E-state index contributed by atoms with van der Waals surface area (Å²) in [6.07, 6.45) is 3.28. The molecule has 21 heavy (non-hydrogen) atoms. The van der Waals surface area contributed by atoms with Gasteiger partial charge in [-0.3, -0.25) is 15.1 Å². The number of thiazole rings is 1. The van der Waals surface area contributed by atoms with Gasteiger partial charge in [0.2, 0.25) is 0 Å². The van der Waals surface area contributed by atoms with E-state index in [9.17, 15) is 9.59 Å². The van der Waals surface area contributed by atoms with Crippen molar-refractivity contribution in [2.45, 2.75) is 0 Å². The molecule has 0 unspecified atom stereocenters. The Labute approximate surface area is 124 Å². The maximum atomic E-state index is 10.9. The summed E-state index contributed by atoms with van der Waals surface area (Å²) in [5, 5.41) is 20.3. The third kappa shape index (κ3) is 5.65. The number of nitrogens with one attached hydrogen (secondary N) is 1. The molecule has 9 heteroatoms. The maximum absolute atomic E-state index is 10.9. The average molecular weight is 310 g/mol. The van der Waals surface area contributed by atoms with Crippen LogP contribution in [0.4, 0.5) is 5.13 Å². The molecular formula is C12H14N4O4S. The van der Waals surface area contributed by atoms with E-state index in [-0.39, 0.29) is 11.7 Å². The Morgan fingerprint density at radius 3 is 2.67 bits per heavy atom. The van der Waals surface area contributed by atoms with Gasteiger partial charge in [0.05, 0.1) is 12.3 Å². The lowest BCUT2D eigenvalue weighted by Crippen LogP contribution is -2.21. The number of carbonyl (C=O) groups excluding carboxylic acids is 1. The van der Waals surface area contributed by atoms with Crippen LogP contribution in [0.3, 0.4) is 0 Å². The van der Waals surface area contributed by atoms with Crippen LogP contribution in [0.1, 0.15) is 0 Å². The highest BCUT2D eigenvalue weighted by Crippen LogP contribution is 2.23. The van der Waals surface area contributed by atoms with E-state index in [1.54, 1.807) is 23.8 Å². The molecule has 8 nitrogen and oxygen atoms in total. The van der Waals surface area contributed by atoms with Gasteiger partial charge in [-0.2, -0.15) is 0 Å². The number of rotatable bonds is 3. The fourth-order valence-electron chi connectivity index (χ4n) is 1.13. The van der Waals surface area contributed by atoms with Crippen molar-refractivity contribution in [1.82, 2.24) is 9.97 Å². The number of pyridine rings is 1. The van der Waals surface area contributed by atoms with Crippen LogP contribution in [0.2, 0.25) is 0 Å². The van der Waals surface area contributed by atoms with Gasteiger partial charge < -0.3 is 15.9 Å². The fraction of sp³-hybridized carbons (Fsp3) is 0.167. The number of nitrogens with two attached hydrogens (primary N) is 1. The van der Waals surface area contributed by atoms with Crippen LogP contribution in [0, 0.1) is 0 Å². The summed E-state index contributed by atoms with van der Waals surface area (Å²) in [5.41, 5.74) is 6.23. The van der Waals surface area contributed by atoms with Gasteiger partial charge >= 0.3 is 11.9 Å². The normalized spacial score (nSPS) is 9.43. The van der Waals surface area contributed by atoms with Gasteiger partial charge in [-0.15, -0.1) is 11.3 Å². The minimum Gasteiger partial charge on any atom is -0.474 e. The Bertz CT molecular complexity index is 586. The van der Waals surface area contributed by atoms with Gasteiger partial charge in [0.15, 0.2) is 5.13 Å². The van der Waals surface area contributed by atoms with Gasteiger partial charge in [-0.1, -0.05) is 0 Å². The molecule has 0 saturated carbocycles. The van der Waals surface area contributed by atoms with E-state index in [0.717, 1.165) is 16.9 Å². The molecule has 0 bridgehead atoms. The molecule has 1 amide bonds. The summed E-state index contributed by atoms with van der Waals surface area (Å²) in [5.74, 6) is -2.64. The first kappa shape index (κ1) is 16.7. The highest BCUT2D eigenvalue weighted by atomic mass is 32.1. The minimum atomic E-state index is -1.54. The molecule has 0 aliphatic heterocycles. The van der Waals surface area contributed by atoms with Crippen LogP contribution in [0.25, 0.3) is 11.3 Å². The van der Waals surface area contributed by atoms with Crippen molar-refractivity contribution in [2.24, 2.45) is 5.73 Å². The predicted octanol–water partition coefficient (Wildman–Crippen LogP) is 0.166. The van der Waals surface area contributed by atoms with E-state index < -0.39 is 11.9 Å². The molecule has 0 radical (unpaired) electrons. The fourth-order valence-corrected chi connectivity index (χ4v) is 1.84. The molecule has 0 fully saturated rings. The molecule has 0 aromatic carbocycles. The molecule has 2 aromatic heterocycles. The van der Waals surface area contributed by atoms with Gasteiger partial charge in [-0.05, 0) is 12.1 Å². The van der Waals surface area contributed by atoms with E-state index in [1.165, 1.54) is 0 Å². The van der Waals surface area contributed by atoms with E-state index in [2.05, 4.69) is 15.3 Å². The number of aromatic nitrogens is 2. The average Bonchev–Trinajstić information content (AvgIpc) is 2.97. The lowest BCUT2D eigenvalue weighted by molar-refractivity contribution is -0.147. The Morgan fingerprint density at radius 2 is 2.14 bits per heavy atom. The van der Waals surface area contributed by atoms with Crippen LogP contribution < -0.4 is 11.1 Å². The molecule has 2 heterocycles. The number of hydrogen-bond acceptors (Lipinski definition) is 7. The molecule has 2 rings (SSSR count). The van der Waals surface area contributed by atoms with Crippen LogP contribution >= 0.6 is 11.3 Å². The summed E-state index contributed by atoms with van der Waals surface area (Å²) >= 11 is 1.16. The topological polar surface area (TPSA) is 138 Å². The van der Waals surface area contributed by atoms with Gasteiger partial charge in [0.25, 0.3) is 0 Å². The van der Waals surface area contributed by atoms with Crippen LogP contribution in [-0.4, -0.2) is 45.2 Å². The highest BCUT2D eigenvalue weighted by molar-refractivity contribution is 7.14. The number of carboxylic acid groups (broad SMARTS) is 1. The number of nitrogens with zero attached hydrogens (tertiary/aromatic N) is 2. The summed E-state index contributed by atoms with van der Waals surface area (Å²) in [6.45, 7) is 0.472. The first-order valence-corrected chi connectivity index (χ1v) is 6.67. The molecule has 2 aromatic rings. The number of amides is 1. The largest absolute Gasteiger partial charge is 0.474 e. The number of aliphatic hydroxyl groups is 1. The Kier molecular flexibility index (Phi) is 6.95. The third-order valence-electron chi connectivity index (χ3n) is 2.01. The first-order valence-electron chi connectivity index (χ1n) is 5.79. The first-order chi connectivity index (χ1) is 10.1. The number of hydrogen-bond donors (Lipinski definition) is 4. The standard InChI is InChI=1S/C10H7N3O3S.C2H7NO/c14-8(9(15)16)13-10-12-7(5-17-10)6-2-1-3-11-4-6;3-1-2-4/h1-5H,(H,15,16)(H,12,13,14);4H,1-3H2. The smallest absolute Gasteiger partial charge is 0.394 e. The van der Waals surface area contributed by atoms with E-state index in [1.807, 2.05) is 6.07 Å². The van der Waals surface area contributed by atoms with E-state index in [4.69, 9.17) is 15.9 Å². The maximum Gasteiger partial charge on any atom is 0.394 e. The number of aliphatic hydroxyl groups excluding tert-OH is 1. The monoisotopic (exact) mass is 310 g/mol. The lowest BCUT2D eigenvalue weighted by Gasteiger charge is -1.95. The zero-order valence-corrected chi connectivity index (χ0v) is 11.7. The van der Waals surface area contributed by atoms with Crippen LogP contribution in [0.5, 0.6) is 0 Å². The lowest BCUT2D eigenvalue weighted by atomic mass is 10.2. The Balaban J connectivity index is 0.000000491. The number of carbonyl (C=O) groups is 2. The van der Waals surface area contributed by atoms with Crippen molar-refractivity contribution in [2.75, 3.05) is 18.5 Å². The van der Waals surface area contributed by atoms with Crippen LogP contribution in [0.15, 0.2) is 29.9 Å².